The number of hydrogen-bond acceptors (Lipinski definition) is 5. The van der Waals surface area contributed by atoms with Gasteiger partial charge in [-0.05, 0) is 6.92 Å². The van der Waals surface area contributed by atoms with Gasteiger partial charge in [0.25, 0.3) is 0 Å². The van der Waals surface area contributed by atoms with E-state index in [4.69, 9.17) is 10.3 Å². The van der Waals surface area contributed by atoms with Crippen LogP contribution in [0.5, 0.6) is 0 Å². The van der Waals surface area contributed by atoms with Gasteiger partial charge in [0, 0.05) is 5.38 Å². The average Bonchev–Trinajstić information content (AvgIpc) is 2.39. The van der Waals surface area contributed by atoms with Gasteiger partial charge in [-0.3, -0.25) is 0 Å². The molecule has 1 rings (SSSR count). The van der Waals surface area contributed by atoms with Crippen LogP contribution < -0.4 is 0 Å². The van der Waals surface area contributed by atoms with Gasteiger partial charge in [0.15, 0.2) is 0 Å². The van der Waals surface area contributed by atoms with Crippen molar-refractivity contribution in [3.8, 4) is 0 Å². The van der Waals surface area contributed by atoms with Gasteiger partial charge in [0.05, 0.1) is 11.6 Å². The Morgan fingerprint density at radius 3 is 2.91 bits per heavy atom. The number of hydrogen-bond donors (Lipinski definition) is 2. The van der Waals surface area contributed by atoms with Crippen molar-refractivity contribution in [3.63, 3.8) is 0 Å². The van der Waals surface area contributed by atoms with Crippen LogP contribution in [0, 0.1) is 6.92 Å². The van der Waals surface area contributed by atoms with Crippen LogP contribution in [-0.4, -0.2) is 27.6 Å². The number of aliphatic hydroxyl groups excluding tert-OH is 1. The van der Waals surface area contributed by atoms with Gasteiger partial charge in [-0.2, -0.15) is 0 Å². The fraction of sp³-hybridized carbons (Fsp3) is 0.333. The molecule has 4 nitrogen and oxygen atoms in total. The van der Waals surface area contributed by atoms with Gasteiger partial charge in [-0.25, -0.2) is 4.98 Å². The molecule has 0 bridgehead atoms. The van der Waals surface area contributed by atoms with Crippen molar-refractivity contribution >= 4 is 17.0 Å². The third-order valence-corrected chi connectivity index (χ3v) is 1.96. The van der Waals surface area contributed by atoms with E-state index < -0.39 is 0 Å². The standard InChI is InChI=1S/C6H8N2O2S/c1-4-7-6(3-11-4)5(2-9)8-10/h3,9-10H,2H2,1H3/b8-5-. The SMILES string of the molecule is Cc1nc(/C(CO)=N\O)cs1. The van der Waals surface area contributed by atoms with E-state index >= 15 is 0 Å². The first-order valence-corrected chi connectivity index (χ1v) is 3.90. The number of aliphatic hydroxyl groups is 1. The number of thiazole rings is 1. The highest BCUT2D eigenvalue weighted by molar-refractivity contribution is 7.09. The summed E-state index contributed by atoms with van der Waals surface area (Å²) in [5.74, 6) is 0. The lowest BCUT2D eigenvalue weighted by Gasteiger charge is -1.92. The molecule has 0 aliphatic heterocycles. The van der Waals surface area contributed by atoms with E-state index in [-0.39, 0.29) is 12.3 Å². The van der Waals surface area contributed by atoms with Gasteiger partial charge in [0.2, 0.25) is 0 Å². The molecule has 2 N–H and O–H groups in total. The first-order valence-electron chi connectivity index (χ1n) is 3.02. The van der Waals surface area contributed by atoms with E-state index in [0.717, 1.165) is 5.01 Å². The molecular formula is C6H8N2O2S. The molecule has 0 saturated carbocycles. The maximum absolute atomic E-state index is 8.66. The van der Waals surface area contributed by atoms with Gasteiger partial charge >= 0.3 is 0 Å². The summed E-state index contributed by atoms with van der Waals surface area (Å²) in [6.45, 7) is 1.56. The molecule has 1 aromatic heterocycles. The first-order chi connectivity index (χ1) is 5.27. The third kappa shape index (κ3) is 1.75. The zero-order valence-electron chi connectivity index (χ0n) is 5.98. The number of oxime groups is 1. The van der Waals surface area contributed by atoms with E-state index in [1.165, 1.54) is 11.3 Å². The molecule has 0 radical (unpaired) electrons. The summed E-state index contributed by atoms with van der Waals surface area (Å²) < 4.78 is 0. The minimum absolute atomic E-state index is 0.203. The Bertz CT molecular complexity index is 269. The molecule has 0 atom stereocenters. The van der Waals surface area contributed by atoms with Crippen LogP contribution in [0.2, 0.25) is 0 Å². The Labute approximate surface area is 67.8 Å². The van der Waals surface area contributed by atoms with Crippen LogP contribution >= 0.6 is 11.3 Å². The summed E-state index contributed by atoms with van der Waals surface area (Å²) in [4.78, 5) is 4.02. The van der Waals surface area contributed by atoms with Crippen LogP contribution in [-0.2, 0) is 0 Å². The predicted molar refractivity (Wildman–Crippen MR) is 42.3 cm³/mol. The molecule has 1 aromatic rings. The fourth-order valence-electron chi connectivity index (χ4n) is 0.660. The quantitative estimate of drug-likeness (QED) is 0.390. The van der Waals surface area contributed by atoms with Crippen LogP contribution in [0.3, 0.4) is 0 Å². The lowest BCUT2D eigenvalue weighted by molar-refractivity contribution is 0.303. The molecule has 0 amide bonds. The highest BCUT2D eigenvalue weighted by atomic mass is 32.1. The highest BCUT2D eigenvalue weighted by Crippen LogP contribution is 2.08. The number of aryl methyl sites for hydroxylation is 1. The summed E-state index contributed by atoms with van der Waals surface area (Å²) in [5, 5.41) is 22.6. The average molecular weight is 172 g/mol. The van der Waals surface area contributed by atoms with Crippen molar-refractivity contribution in [2.75, 3.05) is 6.61 Å². The van der Waals surface area contributed by atoms with Crippen LogP contribution in [0.25, 0.3) is 0 Å². The van der Waals surface area contributed by atoms with E-state index in [1.54, 1.807) is 5.38 Å². The second-order valence-electron chi connectivity index (χ2n) is 1.96. The van der Waals surface area contributed by atoms with E-state index in [2.05, 4.69) is 10.1 Å². The van der Waals surface area contributed by atoms with Gasteiger partial charge in [-0.15, -0.1) is 11.3 Å². The maximum atomic E-state index is 8.66. The lowest BCUT2D eigenvalue weighted by Crippen LogP contribution is -2.06. The Hall–Kier alpha value is -0.940. The minimum Gasteiger partial charge on any atom is -0.411 e. The van der Waals surface area contributed by atoms with Crippen LogP contribution in [0.15, 0.2) is 10.5 Å². The summed E-state index contributed by atoms with van der Waals surface area (Å²) >= 11 is 1.45. The molecule has 0 aromatic carbocycles. The molecule has 11 heavy (non-hydrogen) atoms. The van der Waals surface area contributed by atoms with Crippen LogP contribution in [0.4, 0.5) is 0 Å². The van der Waals surface area contributed by atoms with Gasteiger partial charge < -0.3 is 10.3 Å². The molecule has 0 aliphatic carbocycles. The Morgan fingerprint density at radius 2 is 2.55 bits per heavy atom. The summed E-state index contributed by atoms with van der Waals surface area (Å²) in [6.07, 6.45) is 0. The van der Waals surface area contributed by atoms with Gasteiger partial charge in [0.1, 0.15) is 11.4 Å². The second kappa shape index (κ2) is 3.45. The summed E-state index contributed by atoms with van der Waals surface area (Å²) in [7, 11) is 0. The molecule has 0 unspecified atom stereocenters. The third-order valence-electron chi connectivity index (χ3n) is 1.19. The molecule has 0 aliphatic rings. The number of rotatable bonds is 2. The fourth-order valence-corrected chi connectivity index (χ4v) is 1.28. The number of aromatic nitrogens is 1. The molecule has 5 heteroatoms. The summed E-state index contributed by atoms with van der Waals surface area (Å²) in [5.41, 5.74) is 0.742. The number of nitrogens with zero attached hydrogens (tertiary/aromatic N) is 2. The Morgan fingerprint density at radius 1 is 1.82 bits per heavy atom. The molecular weight excluding hydrogens is 164 g/mol. The maximum Gasteiger partial charge on any atom is 0.131 e. The van der Waals surface area contributed by atoms with Crippen molar-refractivity contribution in [1.82, 2.24) is 4.98 Å². The highest BCUT2D eigenvalue weighted by Gasteiger charge is 2.05. The first kappa shape index (κ1) is 8.16. The summed E-state index contributed by atoms with van der Waals surface area (Å²) in [6, 6.07) is 0. The molecule has 1 heterocycles. The molecule has 0 fully saturated rings. The monoisotopic (exact) mass is 172 g/mol. The van der Waals surface area contributed by atoms with Crippen molar-refractivity contribution in [2.45, 2.75) is 6.92 Å². The van der Waals surface area contributed by atoms with Crippen molar-refractivity contribution < 1.29 is 10.3 Å². The molecule has 0 spiro atoms. The van der Waals surface area contributed by atoms with E-state index in [1.807, 2.05) is 6.92 Å². The zero-order chi connectivity index (χ0) is 8.27. The molecule has 60 valence electrons. The normalized spacial score (nSPS) is 12.0. The zero-order valence-corrected chi connectivity index (χ0v) is 6.80. The topological polar surface area (TPSA) is 65.7 Å². The Kier molecular flexibility index (Phi) is 2.56. The van der Waals surface area contributed by atoms with Crippen molar-refractivity contribution in [2.24, 2.45) is 5.16 Å². The minimum atomic E-state index is -0.292. The second-order valence-corrected chi connectivity index (χ2v) is 3.02. The van der Waals surface area contributed by atoms with Crippen molar-refractivity contribution in [3.05, 3.63) is 16.1 Å². The van der Waals surface area contributed by atoms with Gasteiger partial charge in [-0.1, -0.05) is 5.16 Å². The van der Waals surface area contributed by atoms with E-state index in [0.29, 0.717) is 5.69 Å². The largest absolute Gasteiger partial charge is 0.411 e. The lowest BCUT2D eigenvalue weighted by atomic mass is 10.3. The molecule has 0 saturated heterocycles. The van der Waals surface area contributed by atoms with Crippen molar-refractivity contribution in [1.29, 1.82) is 0 Å². The Balaban J connectivity index is 2.91. The smallest absolute Gasteiger partial charge is 0.131 e. The predicted octanol–water partition coefficient (Wildman–Crippen LogP) is 0.622. The van der Waals surface area contributed by atoms with E-state index in [9.17, 15) is 0 Å². The van der Waals surface area contributed by atoms with Crippen LogP contribution in [0.1, 0.15) is 10.7 Å².